The average molecular weight is 284 g/mol. The summed E-state index contributed by atoms with van der Waals surface area (Å²) in [4.78, 5) is 8.15. The van der Waals surface area contributed by atoms with Gasteiger partial charge in [-0.1, -0.05) is 6.07 Å². The lowest BCUT2D eigenvalue weighted by molar-refractivity contribution is 0.619. The van der Waals surface area contributed by atoms with E-state index < -0.39 is 0 Å². The van der Waals surface area contributed by atoms with E-state index in [1.807, 2.05) is 6.07 Å². The monoisotopic (exact) mass is 284 g/mol. The number of aryl methyl sites for hydroxylation is 2. The lowest BCUT2D eigenvalue weighted by atomic mass is 10.1. The number of hydrogen-bond donors (Lipinski definition) is 2. The summed E-state index contributed by atoms with van der Waals surface area (Å²) in [5.74, 6) is -0.0222. The van der Waals surface area contributed by atoms with Crippen molar-refractivity contribution in [2.45, 2.75) is 25.8 Å². The maximum absolute atomic E-state index is 12.7. The largest absolute Gasteiger partial charge is 0.370 e. The molecule has 1 aliphatic carbocycles. The molecule has 0 radical (unpaired) electrons. The van der Waals surface area contributed by atoms with Crippen molar-refractivity contribution in [1.82, 2.24) is 4.98 Å². The Labute approximate surface area is 122 Å². The van der Waals surface area contributed by atoms with Crippen LogP contribution in [0.4, 0.5) is 10.1 Å². The van der Waals surface area contributed by atoms with E-state index in [0.29, 0.717) is 18.2 Å². The van der Waals surface area contributed by atoms with Crippen LogP contribution in [0.15, 0.2) is 41.5 Å². The SMILES string of the molecule is NC(=NCc1ccc(F)cn1)Nc1ccc2c(c1)CCC2. The molecule has 0 aliphatic heterocycles. The van der Waals surface area contributed by atoms with Crippen LogP contribution in [0.2, 0.25) is 0 Å². The van der Waals surface area contributed by atoms with Crippen molar-refractivity contribution in [3.63, 3.8) is 0 Å². The van der Waals surface area contributed by atoms with Gasteiger partial charge in [0.05, 0.1) is 18.4 Å². The molecule has 1 aromatic carbocycles. The summed E-state index contributed by atoms with van der Waals surface area (Å²) in [5, 5.41) is 3.08. The zero-order valence-electron chi connectivity index (χ0n) is 11.6. The number of guanidine groups is 1. The highest BCUT2D eigenvalue weighted by Gasteiger charge is 2.10. The van der Waals surface area contributed by atoms with Crippen LogP contribution in [0.25, 0.3) is 0 Å². The molecule has 0 atom stereocenters. The standard InChI is InChI=1S/C16H17FN4/c17-13-5-7-15(19-9-13)10-20-16(18)21-14-6-4-11-2-1-3-12(11)8-14/h4-9H,1-3,10H2,(H3,18,20,21). The van der Waals surface area contributed by atoms with Crippen LogP contribution < -0.4 is 11.1 Å². The van der Waals surface area contributed by atoms with Crippen molar-refractivity contribution in [2.24, 2.45) is 10.7 Å². The minimum Gasteiger partial charge on any atom is -0.370 e. The number of nitrogens with one attached hydrogen (secondary N) is 1. The van der Waals surface area contributed by atoms with Gasteiger partial charge in [-0.2, -0.15) is 0 Å². The van der Waals surface area contributed by atoms with Crippen LogP contribution in [-0.2, 0) is 19.4 Å². The Hall–Kier alpha value is -2.43. The van der Waals surface area contributed by atoms with Crippen molar-refractivity contribution in [3.05, 3.63) is 59.2 Å². The van der Waals surface area contributed by atoms with Gasteiger partial charge in [0.2, 0.25) is 0 Å². The summed E-state index contributed by atoms with van der Waals surface area (Å²) in [6.07, 6.45) is 4.68. The van der Waals surface area contributed by atoms with Gasteiger partial charge >= 0.3 is 0 Å². The Balaban J connectivity index is 1.64. The highest BCUT2D eigenvalue weighted by atomic mass is 19.1. The van der Waals surface area contributed by atoms with Crippen LogP contribution in [0.1, 0.15) is 23.2 Å². The first-order valence-electron chi connectivity index (χ1n) is 7.00. The minimum absolute atomic E-state index is 0.323. The van der Waals surface area contributed by atoms with Gasteiger partial charge in [0.1, 0.15) is 5.82 Å². The number of benzene rings is 1. The van der Waals surface area contributed by atoms with Crippen molar-refractivity contribution in [1.29, 1.82) is 0 Å². The fourth-order valence-electron chi connectivity index (χ4n) is 2.50. The predicted molar refractivity (Wildman–Crippen MR) is 81.6 cm³/mol. The summed E-state index contributed by atoms with van der Waals surface area (Å²) in [7, 11) is 0. The molecule has 1 aromatic heterocycles. The normalized spacial score (nSPS) is 14.0. The first kappa shape index (κ1) is 13.5. The van der Waals surface area contributed by atoms with Crippen molar-refractivity contribution >= 4 is 11.6 Å². The summed E-state index contributed by atoms with van der Waals surface area (Å²) in [5.41, 5.74) is 10.3. The summed E-state index contributed by atoms with van der Waals surface area (Å²) in [6, 6.07) is 9.24. The maximum Gasteiger partial charge on any atom is 0.193 e. The first-order chi connectivity index (χ1) is 10.2. The van der Waals surface area contributed by atoms with Gasteiger partial charge in [0.15, 0.2) is 5.96 Å². The molecule has 4 nitrogen and oxygen atoms in total. The number of pyridine rings is 1. The second-order valence-corrected chi connectivity index (χ2v) is 5.13. The molecular formula is C16H17FN4. The molecule has 0 spiro atoms. The quantitative estimate of drug-likeness (QED) is 0.672. The molecule has 1 heterocycles. The summed E-state index contributed by atoms with van der Waals surface area (Å²) in [6.45, 7) is 0.323. The molecule has 5 heteroatoms. The van der Waals surface area contributed by atoms with Gasteiger partial charge in [-0.15, -0.1) is 0 Å². The number of aromatic nitrogens is 1. The Morgan fingerprint density at radius 2 is 2.10 bits per heavy atom. The molecule has 3 rings (SSSR count). The average Bonchev–Trinajstić information content (AvgIpc) is 2.94. The van der Waals surface area contributed by atoms with Gasteiger partial charge < -0.3 is 11.1 Å². The topological polar surface area (TPSA) is 63.3 Å². The van der Waals surface area contributed by atoms with Crippen LogP contribution in [0.3, 0.4) is 0 Å². The number of anilines is 1. The van der Waals surface area contributed by atoms with E-state index in [1.165, 1.54) is 29.8 Å². The van der Waals surface area contributed by atoms with Gasteiger partial charge in [-0.25, -0.2) is 9.38 Å². The zero-order chi connectivity index (χ0) is 14.7. The van der Waals surface area contributed by atoms with Crippen LogP contribution in [0, 0.1) is 5.82 Å². The number of rotatable bonds is 3. The maximum atomic E-state index is 12.7. The number of nitrogens with zero attached hydrogens (tertiary/aromatic N) is 2. The lowest BCUT2D eigenvalue weighted by Crippen LogP contribution is -2.22. The molecule has 0 bridgehead atoms. The Kier molecular flexibility index (Phi) is 3.81. The second kappa shape index (κ2) is 5.91. The van der Waals surface area contributed by atoms with Gasteiger partial charge in [0, 0.05) is 5.69 Å². The number of aliphatic imine (C=N–C) groups is 1. The molecule has 21 heavy (non-hydrogen) atoms. The van der Waals surface area contributed by atoms with E-state index in [1.54, 1.807) is 6.07 Å². The molecule has 0 saturated carbocycles. The van der Waals surface area contributed by atoms with E-state index in [9.17, 15) is 4.39 Å². The summed E-state index contributed by atoms with van der Waals surface area (Å²) >= 11 is 0. The fraction of sp³-hybridized carbons (Fsp3) is 0.250. The third-order valence-corrected chi connectivity index (χ3v) is 3.57. The Bertz CT molecular complexity index is 664. The highest BCUT2D eigenvalue weighted by Crippen LogP contribution is 2.24. The molecule has 0 saturated heterocycles. The van der Waals surface area contributed by atoms with Crippen molar-refractivity contribution in [2.75, 3.05) is 5.32 Å². The van der Waals surface area contributed by atoms with Crippen LogP contribution in [-0.4, -0.2) is 10.9 Å². The Morgan fingerprint density at radius 3 is 2.90 bits per heavy atom. The fourth-order valence-corrected chi connectivity index (χ4v) is 2.50. The number of nitrogens with two attached hydrogens (primary N) is 1. The van der Waals surface area contributed by atoms with E-state index in [-0.39, 0.29) is 5.82 Å². The smallest absolute Gasteiger partial charge is 0.193 e. The van der Waals surface area contributed by atoms with Gasteiger partial charge in [0.25, 0.3) is 0 Å². The second-order valence-electron chi connectivity index (χ2n) is 5.13. The molecule has 108 valence electrons. The molecular weight excluding hydrogens is 267 g/mol. The third kappa shape index (κ3) is 3.37. The molecule has 0 amide bonds. The highest BCUT2D eigenvalue weighted by molar-refractivity contribution is 5.92. The van der Waals surface area contributed by atoms with E-state index in [4.69, 9.17) is 5.73 Å². The number of hydrogen-bond acceptors (Lipinski definition) is 2. The lowest BCUT2D eigenvalue weighted by Gasteiger charge is -2.08. The van der Waals surface area contributed by atoms with Crippen molar-refractivity contribution < 1.29 is 4.39 Å². The minimum atomic E-state index is -0.355. The van der Waals surface area contributed by atoms with Crippen molar-refractivity contribution in [3.8, 4) is 0 Å². The van der Waals surface area contributed by atoms with Gasteiger partial charge in [-0.3, -0.25) is 4.98 Å². The molecule has 2 aromatic rings. The molecule has 0 fully saturated rings. The van der Waals surface area contributed by atoms with Gasteiger partial charge in [-0.05, 0) is 54.7 Å². The van der Waals surface area contributed by atoms with Crippen LogP contribution >= 0.6 is 0 Å². The number of fused-ring (bicyclic) bond motifs is 1. The third-order valence-electron chi connectivity index (χ3n) is 3.57. The molecule has 3 N–H and O–H groups in total. The zero-order valence-corrected chi connectivity index (χ0v) is 11.6. The number of halogens is 1. The summed E-state index contributed by atoms with van der Waals surface area (Å²) < 4.78 is 12.7. The molecule has 1 aliphatic rings. The molecule has 0 unspecified atom stereocenters. The van der Waals surface area contributed by atoms with E-state index in [0.717, 1.165) is 18.5 Å². The first-order valence-corrected chi connectivity index (χ1v) is 7.00. The van der Waals surface area contributed by atoms with E-state index >= 15 is 0 Å². The van der Waals surface area contributed by atoms with E-state index in [2.05, 4.69) is 27.4 Å². The Morgan fingerprint density at radius 1 is 1.24 bits per heavy atom. The predicted octanol–water partition coefficient (Wildman–Crippen LogP) is 2.64. The van der Waals surface area contributed by atoms with Crippen LogP contribution in [0.5, 0.6) is 0 Å².